The first kappa shape index (κ1) is 26.8. The van der Waals surface area contributed by atoms with E-state index in [1.165, 1.54) is 50.4 Å². The number of rotatable bonds is 8. The van der Waals surface area contributed by atoms with Crippen LogP contribution in [0.2, 0.25) is 0 Å². The van der Waals surface area contributed by atoms with Gasteiger partial charge in [0.2, 0.25) is 0 Å². The summed E-state index contributed by atoms with van der Waals surface area (Å²) in [6.07, 6.45) is 9.75. The third-order valence-corrected chi connectivity index (χ3v) is 14.6. The van der Waals surface area contributed by atoms with E-state index in [0.29, 0.717) is 20.5 Å². The van der Waals surface area contributed by atoms with Crippen molar-refractivity contribution >= 4 is 47.5 Å². The molecule has 2 heterocycles. The molecule has 1 atom stereocenters. The van der Waals surface area contributed by atoms with Gasteiger partial charge < -0.3 is 0 Å². The first-order valence-electron chi connectivity index (χ1n) is 12.4. The van der Waals surface area contributed by atoms with Crippen LogP contribution in [0.3, 0.4) is 0 Å². The number of aromatic nitrogens is 1. The maximum absolute atomic E-state index is 13.2. The molecule has 1 amide bonds. The van der Waals surface area contributed by atoms with Crippen molar-refractivity contribution in [3.05, 3.63) is 42.1 Å². The summed E-state index contributed by atoms with van der Waals surface area (Å²) in [5.41, 5.74) is 2.67. The molecule has 36 heavy (non-hydrogen) atoms. The Morgan fingerprint density at radius 1 is 1.14 bits per heavy atom. The number of hydrogen-bond acceptors (Lipinski definition) is 7. The van der Waals surface area contributed by atoms with Crippen molar-refractivity contribution in [1.82, 2.24) is 4.98 Å². The van der Waals surface area contributed by atoms with Crippen LogP contribution < -0.4 is 14.8 Å². The molecule has 4 rings (SSSR count). The maximum atomic E-state index is 13.2. The quantitative estimate of drug-likeness (QED) is 0.342. The van der Waals surface area contributed by atoms with Gasteiger partial charge in [-0.3, -0.25) is 0 Å². The van der Waals surface area contributed by atoms with Gasteiger partial charge in [-0.15, -0.1) is 0 Å². The summed E-state index contributed by atoms with van der Waals surface area (Å²) in [4.78, 5) is 30.8. The van der Waals surface area contributed by atoms with E-state index in [2.05, 4.69) is 12.2 Å². The molecule has 0 bridgehead atoms. The molecule has 9 heteroatoms. The fraction of sp³-hybridized carbons (Fsp3) is 0.444. The minimum absolute atomic E-state index is 0.0799. The van der Waals surface area contributed by atoms with Gasteiger partial charge >= 0.3 is 225 Å². The number of amides is 1. The van der Waals surface area contributed by atoms with Crippen molar-refractivity contribution in [3.8, 4) is 22.8 Å². The molecular weight excluding hydrogens is 579 g/mol. The Hall–Kier alpha value is -2.26. The number of carbonyl (C=O) groups excluding carboxylic acids is 2. The number of hydrogen-bond donors (Lipinski definition) is 1. The molecule has 1 fully saturated rings. The van der Waals surface area contributed by atoms with E-state index < -0.39 is 27.4 Å². The molecule has 0 saturated heterocycles. The standard InChI is InChI=1S/C21H27N2O3S.C6H6O2.In/c1-13-10-18(26-4)16(11-17(13)25-3)19-20(27-21(23-19)22-12-24)14(2)15-8-6-5-7-9-15;1-3-4-5-8-6(2)7;/h10-11,14-15H,5-9H2,1-4H3,(H,22,23,24);1,3-4H,2H3;. The number of thiazole rings is 1. The summed E-state index contributed by atoms with van der Waals surface area (Å²) < 4.78 is 19.0. The number of aryl methyl sites for hydroxylation is 1. The molecule has 2 aromatic rings. The molecule has 190 valence electrons. The summed E-state index contributed by atoms with van der Waals surface area (Å²) >= 11 is -1.56. The Labute approximate surface area is 224 Å². The SMILES string of the molecule is COc1cc(-c2nc(N[C](=O)[In]3[CH]=CC=[C]3OC(C)=O)sc2C(C)C2CCCCC2)c(OC)cc1C. The van der Waals surface area contributed by atoms with Crippen molar-refractivity contribution in [2.45, 2.75) is 58.8 Å². The van der Waals surface area contributed by atoms with Crippen LogP contribution in [0.1, 0.15) is 62.3 Å². The van der Waals surface area contributed by atoms with Crippen molar-refractivity contribution in [2.75, 3.05) is 19.5 Å². The van der Waals surface area contributed by atoms with Crippen molar-refractivity contribution in [2.24, 2.45) is 5.92 Å². The fourth-order valence-corrected chi connectivity index (χ4v) is 11.8. The molecular formula is C27H33InN2O5S. The predicted octanol–water partition coefficient (Wildman–Crippen LogP) is 6.52. The van der Waals surface area contributed by atoms with E-state index in [9.17, 15) is 9.59 Å². The van der Waals surface area contributed by atoms with Crippen LogP contribution in [-0.4, -0.2) is 50.3 Å². The van der Waals surface area contributed by atoms with Gasteiger partial charge in [-0.25, -0.2) is 0 Å². The van der Waals surface area contributed by atoms with Crippen LogP contribution in [0.5, 0.6) is 11.5 Å². The number of nitrogens with one attached hydrogen (secondary N) is 1. The summed E-state index contributed by atoms with van der Waals surface area (Å²) in [5, 5.41) is 3.62. The van der Waals surface area contributed by atoms with Gasteiger partial charge in [0.15, 0.2) is 0 Å². The molecule has 1 aromatic carbocycles. The van der Waals surface area contributed by atoms with Gasteiger partial charge in [0.05, 0.1) is 0 Å². The van der Waals surface area contributed by atoms with Gasteiger partial charge in [0.1, 0.15) is 0 Å². The topological polar surface area (TPSA) is 86.8 Å². The number of benzene rings is 1. The zero-order chi connectivity index (χ0) is 25.8. The predicted molar refractivity (Wildman–Crippen MR) is 144 cm³/mol. The van der Waals surface area contributed by atoms with E-state index in [4.69, 9.17) is 19.2 Å². The summed E-state index contributed by atoms with van der Waals surface area (Å²) in [7, 11) is 3.32. The number of esters is 1. The van der Waals surface area contributed by atoms with Gasteiger partial charge in [-0.05, 0) is 0 Å². The second-order valence-electron chi connectivity index (χ2n) is 9.46. The Kier molecular flexibility index (Phi) is 8.83. The first-order chi connectivity index (χ1) is 17.3. The van der Waals surface area contributed by atoms with E-state index in [1.807, 2.05) is 29.0 Å². The summed E-state index contributed by atoms with van der Waals surface area (Å²) in [6.45, 7) is 5.62. The van der Waals surface area contributed by atoms with Gasteiger partial charge in [0, 0.05) is 0 Å². The second kappa shape index (κ2) is 11.9. The first-order valence-corrected chi connectivity index (χ1v) is 18.4. The van der Waals surface area contributed by atoms with Gasteiger partial charge in [-0.1, -0.05) is 0 Å². The van der Waals surface area contributed by atoms with E-state index in [1.54, 1.807) is 20.3 Å². The van der Waals surface area contributed by atoms with Crippen molar-refractivity contribution in [1.29, 1.82) is 0 Å². The number of anilines is 1. The zero-order valence-electron chi connectivity index (χ0n) is 21.6. The fourth-order valence-electron chi connectivity index (χ4n) is 5.09. The van der Waals surface area contributed by atoms with Crippen LogP contribution in [0, 0.1) is 12.8 Å². The minimum atomic E-state index is -3.10. The Morgan fingerprint density at radius 3 is 2.53 bits per heavy atom. The second-order valence-corrected chi connectivity index (χ2v) is 17.4. The Balaban J connectivity index is 1.71. The molecule has 1 aliphatic heterocycles. The van der Waals surface area contributed by atoms with Crippen LogP contribution in [0.15, 0.2) is 31.6 Å². The molecule has 1 aromatic heterocycles. The molecule has 0 spiro atoms. The average Bonchev–Trinajstić information content (AvgIpc) is 3.50. The molecule has 1 unspecified atom stereocenters. The summed E-state index contributed by atoms with van der Waals surface area (Å²) in [5.74, 6) is 1.97. The van der Waals surface area contributed by atoms with Gasteiger partial charge in [-0.2, -0.15) is 0 Å². The number of nitrogens with zero attached hydrogens (tertiary/aromatic N) is 1. The average molecular weight is 612 g/mol. The molecule has 7 nitrogen and oxygen atoms in total. The molecule has 1 aliphatic carbocycles. The van der Waals surface area contributed by atoms with Crippen LogP contribution >= 0.6 is 11.3 Å². The van der Waals surface area contributed by atoms with Crippen LogP contribution in [0.25, 0.3) is 11.3 Å². The molecule has 1 N–H and O–H groups in total. The summed E-state index contributed by atoms with van der Waals surface area (Å²) in [6, 6.07) is 3.95. The molecule has 0 radical (unpaired) electrons. The Morgan fingerprint density at radius 2 is 1.86 bits per heavy atom. The van der Waals surface area contributed by atoms with E-state index in [0.717, 1.165) is 33.2 Å². The van der Waals surface area contributed by atoms with Crippen LogP contribution in [-0.2, 0) is 9.53 Å². The number of methoxy groups -OCH3 is 2. The number of allylic oxidation sites excluding steroid dienone is 2. The van der Waals surface area contributed by atoms with Crippen molar-refractivity contribution < 1.29 is 23.8 Å². The van der Waals surface area contributed by atoms with Crippen LogP contribution in [0.4, 0.5) is 9.93 Å². The third-order valence-electron chi connectivity index (χ3n) is 7.04. The van der Waals surface area contributed by atoms with E-state index in [-0.39, 0.29) is 3.66 Å². The monoisotopic (exact) mass is 612 g/mol. The zero-order valence-corrected chi connectivity index (χ0v) is 25.7. The molecule has 2 aliphatic rings. The number of carbonyl (C=O) groups is 2. The van der Waals surface area contributed by atoms with Crippen molar-refractivity contribution in [3.63, 3.8) is 0 Å². The third kappa shape index (κ3) is 5.83. The molecule has 1 saturated carbocycles. The van der Waals surface area contributed by atoms with Gasteiger partial charge in [0.25, 0.3) is 0 Å². The van der Waals surface area contributed by atoms with E-state index >= 15 is 0 Å². The normalized spacial score (nSPS) is 16.5. The Bertz CT molecular complexity index is 1200. The number of ether oxygens (including phenoxy) is 3.